The molecule has 33 heavy (non-hydrogen) atoms. The first kappa shape index (κ1) is 24.1. The fourth-order valence-corrected chi connectivity index (χ4v) is 3.82. The zero-order valence-corrected chi connectivity index (χ0v) is 18.5. The number of nitrogens with zero attached hydrogens (tertiary/aromatic N) is 2. The first-order valence-corrected chi connectivity index (χ1v) is 12.1. The number of benzene rings is 3. The Bertz CT molecular complexity index is 1370. The van der Waals surface area contributed by atoms with Crippen molar-refractivity contribution < 1.29 is 35.6 Å². The molecular weight excluding hydrogens is 472 g/mol. The highest BCUT2D eigenvalue weighted by molar-refractivity contribution is 7.86. The minimum absolute atomic E-state index is 0.149. The zero-order chi connectivity index (χ0) is 23.9. The van der Waals surface area contributed by atoms with Crippen molar-refractivity contribution in [3.05, 3.63) is 89.5 Å². The summed E-state index contributed by atoms with van der Waals surface area (Å²) in [6.07, 6.45) is 2.49. The van der Waals surface area contributed by atoms with Crippen LogP contribution >= 0.6 is 0 Å². The Hall–Kier alpha value is -3.58. The van der Waals surface area contributed by atoms with Gasteiger partial charge in [-0.25, -0.2) is 0 Å². The van der Waals surface area contributed by atoms with Crippen LogP contribution in [0.5, 0.6) is 5.75 Å². The quantitative estimate of drug-likeness (QED) is 0.264. The van der Waals surface area contributed by atoms with Crippen LogP contribution in [-0.4, -0.2) is 38.4 Å². The Kier molecular flexibility index (Phi) is 7.55. The summed E-state index contributed by atoms with van der Waals surface area (Å²) in [4.78, 5) is 8.94. The minimum Gasteiger partial charge on any atom is -0.391 e. The van der Waals surface area contributed by atoms with E-state index in [4.69, 9.17) is 14.2 Å². The van der Waals surface area contributed by atoms with Gasteiger partial charge in [-0.3, -0.25) is 9.11 Å². The molecule has 3 rings (SSSR count). The Morgan fingerprint density at radius 2 is 1.48 bits per heavy atom. The second-order valence-electron chi connectivity index (χ2n) is 6.54. The molecule has 0 radical (unpaired) electrons. The van der Waals surface area contributed by atoms with Crippen LogP contribution in [0, 0.1) is 0 Å². The van der Waals surface area contributed by atoms with Gasteiger partial charge in [0.25, 0.3) is 20.2 Å². The highest BCUT2D eigenvalue weighted by atomic mass is 32.2. The van der Waals surface area contributed by atoms with E-state index in [1.54, 1.807) is 24.3 Å². The van der Waals surface area contributed by atoms with Gasteiger partial charge >= 0.3 is 0 Å². The van der Waals surface area contributed by atoms with E-state index in [1.165, 1.54) is 6.21 Å². The third-order valence-corrected chi connectivity index (χ3v) is 5.90. The second-order valence-corrected chi connectivity index (χ2v) is 9.35. The van der Waals surface area contributed by atoms with E-state index in [0.717, 1.165) is 29.5 Å². The van der Waals surface area contributed by atoms with Gasteiger partial charge < -0.3 is 9.68 Å². The first-order valence-electron chi connectivity index (χ1n) is 9.22. The van der Waals surface area contributed by atoms with Gasteiger partial charge in [0.1, 0.15) is 11.5 Å². The van der Waals surface area contributed by atoms with Gasteiger partial charge in [0.2, 0.25) is 0 Å². The molecule has 0 amide bonds. The molecule has 12 heteroatoms. The summed E-state index contributed by atoms with van der Waals surface area (Å²) in [6, 6.07) is 18.7. The normalized spacial score (nSPS) is 12.3. The molecule has 0 spiro atoms. The van der Waals surface area contributed by atoms with Crippen LogP contribution in [0.25, 0.3) is 0 Å². The number of hydrogen-bond donors (Lipinski definition) is 2. The van der Waals surface area contributed by atoms with Crippen LogP contribution in [0.15, 0.2) is 92.9 Å². The van der Waals surface area contributed by atoms with E-state index >= 15 is 0 Å². The summed E-state index contributed by atoms with van der Waals surface area (Å²) >= 11 is 0. The summed E-state index contributed by atoms with van der Waals surface area (Å²) in [5, 5.41) is 7.53. The molecule has 3 aromatic rings. The Morgan fingerprint density at radius 1 is 0.788 bits per heavy atom. The number of oxime groups is 2. The van der Waals surface area contributed by atoms with E-state index in [9.17, 15) is 21.4 Å². The molecule has 10 nitrogen and oxygen atoms in total. The third kappa shape index (κ3) is 7.22. The molecule has 0 heterocycles. The van der Waals surface area contributed by atoms with Gasteiger partial charge in [-0.1, -0.05) is 46.7 Å². The topological polar surface area (TPSA) is 152 Å². The Balaban J connectivity index is 1.63. The molecule has 2 N–H and O–H groups in total. The summed E-state index contributed by atoms with van der Waals surface area (Å²) in [5.74, 6) is 0.316. The lowest BCUT2D eigenvalue weighted by Gasteiger charge is -2.05. The maximum Gasteiger partial charge on any atom is 0.295 e. The van der Waals surface area contributed by atoms with Crippen molar-refractivity contribution in [2.45, 2.75) is 16.4 Å². The average Bonchev–Trinajstić information content (AvgIpc) is 2.77. The van der Waals surface area contributed by atoms with Crippen molar-refractivity contribution in [1.82, 2.24) is 0 Å². The smallest absolute Gasteiger partial charge is 0.295 e. The van der Waals surface area contributed by atoms with Crippen LogP contribution in [-0.2, 0) is 31.7 Å². The van der Waals surface area contributed by atoms with E-state index in [1.807, 2.05) is 30.3 Å². The van der Waals surface area contributed by atoms with Crippen molar-refractivity contribution in [2.24, 2.45) is 10.3 Å². The lowest BCUT2D eigenvalue weighted by atomic mass is 10.2. The molecule has 172 valence electrons. The predicted molar refractivity (Wildman–Crippen MR) is 120 cm³/mol. The summed E-state index contributed by atoms with van der Waals surface area (Å²) in [7, 11) is -9.46. The van der Waals surface area contributed by atoms with E-state index in [2.05, 4.69) is 10.3 Å². The Labute approximate surface area is 190 Å². The lowest BCUT2D eigenvalue weighted by molar-refractivity contribution is 0.132. The van der Waals surface area contributed by atoms with Gasteiger partial charge in [-0.15, -0.1) is 0 Å². The zero-order valence-electron chi connectivity index (χ0n) is 16.8. The van der Waals surface area contributed by atoms with Crippen LogP contribution in [0.4, 0.5) is 0 Å². The molecule has 0 unspecified atom stereocenters. The fraction of sp³-hybridized carbons (Fsp3) is 0.0476. The second kappa shape index (κ2) is 10.4. The molecule has 0 saturated heterocycles. The molecule has 0 aliphatic rings. The van der Waals surface area contributed by atoms with Crippen molar-refractivity contribution in [3.63, 3.8) is 0 Å². The lowest BCUT2D eigenvalue weighted by Crippen LogP contribution is -2.07. The molecule has 0 fully saturated rings. The van der Waals surface area contributed by atoms with E-state index in [0.29, 0.717) is 18.4 Å². The number of rotatable bonds is 9. The van der Waals surface area contributed by atoms with Crippen LogP contribution in [0.2, 0.25) is 0 Å². The summed E-state index contributed by atoms with van der Waals surface area (Å²) in [5.41, 5.74) is 1.57. The fourth-order valence-electron chi connectivity index (χ4n) is 2.55. The maximum absolute atomic E-state index is 11.5. The van der Waals surface area contributed by atoms with E-state index < -0.39 is 30.0 Å². The van der Waals surface area contributed by atoms with Gasteiger partial charge in [0, 0.05) is 5.56 Å². The maximum atomic E-state index is 11.5. The van der Waals surface area contributed by atoms with Crippen molar-refractivity contribution >= 4 is 32.7 Å². The molecule has 0 aliphatic heterocycles. The minimum atomic E-state index is -4.79. The van der Waals surface area contributed by atoms with Gasteiger partial charge in [-0.05, 0) is 47.5 Å². The van der Waals surface area contributed by atoms with E-state index in [-0.39, 0.29) is 5.56 Å². The predicted octanol–water partition coefficient (Wildman–Crippen LogP) is 3.14. The summed E-state index contributed by atoms with van der Waals surface area (Å²) in [6.45, 7) is 0.337. The standard InChI is InChI=1S/C21H18N2O8S2/c24-32(25,26)20-11-8-18(21(12-20)33(27,28)29)14-23-31-19-9-6-16(7-10-19)13-22-30-15-17-4-2-1-3-5-17/h1-14H,15H2,(H,24,25,26)(H,27,28,29)/b22-13+,23-14+. The van der Waals surface area contributed by atoms with Gasteiger partial charge in [0.15, 0.2) is 5.75 Å². The van der Waals surface area contributed by atoms with Crippen LogP contribution in [0.1, 0.15) is 16.7 Å². The third-order valence-electron chi connectivity index (χ3n) is 4.14. The SMILES string of the molecule is O=S(=O)(O)c1ccc(/C=N/Oc2ccc(/C=N/OCc3ccccc3)cc2)c(S(=O)(=O)O)c1. The van der Waals surface area contributed by atoms with Crippen molar-refractivity contribution in [3.8, 4) is 5.75 Å². The highest BCUT2D eigenvalue weighted by Gasteiger charge is 2.19. The average molecular weight is 491 g/mol. The Morgan fingerprint density at radius 3 is 2.12 bits per heavy atom. The highest BCUT2D eigenvalue weighted by Crippen LogP contribution is 2.20. The molecule has 0 saturated carbocycles. The largest absolute Gasteiger partial charge is 0.391 e. The van der Waals surface area contributed by atoms with Crippen molar-refractivity contribution in [2.75, 3.05) is 0 Å². The first-order chi connectivity index (χ1) is 15.6. The van der Waals surface area contributed by atoms with Crippen LogP contribution in [0.3, 0.4) is 0 Å². The molecule has 0 aliphatic carbocycles. The molecule has 0 bridgehead atoms. The summed E-state index contributed by atoms with van der Waals surface area (Å²) < 4.78 is 63.9. The monoisotopic (exact) mass is 490 g/mol. The van der Waals surface area contributed by atoms with Gasteiger partial charge in [-0.2, -0.15) is 16.8 Å². The number of hydrogen-bond acceptors (Lipinski definition) is 8. The molecule has 0 atom stereocenters. The van der Waals surface area contributed by atoms with Gasteiger partial charge in [0.05, 0.1) is 17.3 Å². The molecule has 0 aromatic heterocycles. The molecule has 3 aromatic carbocycles. The van der Waals surface area contributed by atoms with Crippen molar-refractivity contribution in [1.29, 1.82) is 0 Å². The molecular formula is C21H18N2O8S2. The van der Waals surface area contributed by atoms with Crippen LogP contribution < -0.4 is 4.84 Å².